The van der Waals surface area contributed by atoms with Gasteiger partial charge in [-0.15, -0.1) is 0 Å². The molecule has 3 nitrogen and oxygen atoms in total. The van der Waals surface area contributed by atoms with E-state index < -0.39 is 6.04 Å². The van der Waals surface area contributed by atoms with Crippen LogP contribution in [0, 0.1) is 0 Å². The number of rotatable bonds is 5. The van der Waals surface area contributed by atoms with E-state index in [1.165, 1.54) is 7.11 Å². The summed E-state index contributed by atoms with van der Waals surface area (Å²) in [5, 5.41) is 3.83. The Morgan fingerprint density at radius 2 is 2.22 bits per heavy atom. The monoisotopic (exact) mass is 333 g/mol. The molecule has 0 heterocycles. The van der Waals surface area contributed by atoms with Crippen molar-refractivity contribution in [3.8, 4) is 0 Å². The SMILES string of the molecule is CCC(C)NC(C(=O)OC)c1cc(Cl)ccc1Br. The summed E-state index contributed by atoms with van der Waals surface area (Å²) in [6, 6.07) is 5.05. The molecule has 1 aromatic carbocycles. The number of hydrogen-bond donors (Lipinski definition) is 1. The van der Waals surface area contributed by atoms with E-state index in [9.17, 15) is 4.79 Å². The number of nitrogens with one attached hydrogen (secondary N) is 1. The van der Waals surface area contributed by atoms with Gasteiger partial charge in [-0.3, -0.25) is 5.32 Å². The Morgan fingerprint density at radius 3 is 2.78 bits per heavy atom. The fourth-order valence-electron chi connectivity index (χ4n) is 1.54. The van der Waals surface area contributed by atoms with Crippen LogP contribution < -0.4 is 5.32 Å². The maximum absolute atomic E-state index is 11.9. The van der Waals surface area contributed by atoms with Crippen LogP contribution in [0.4, 0.5) is 0 Å². The van der Waals surface area contributed by atoms with Crippen LogP contribution in [0.2, 0.25) is 5.02 Å². The van der Waals surface area contributed by atoms with Gasteiger partial charge in [-0.05, 0) is 37.1 Å². The van der Waals surface area contributed by atoms with Gasteiger partial charge in [0.15, 0.2) is 0 Å². The summed E-state index contributed by atoms with van der Waals surface area (Å²) in [6.07, 6.45) is 0.922. The normalized spacial score (nSPS) is 14.1. The molecule has 0 aliphatic rings. The van der Waals surface area contributed by atoms with E-state index in [2.05, 4.69) is 28.2 Å². The van der Waals surface area contributed by atoms with Crippen molar-refractivity contribution in [3.05, 3.63) is 33.3 Å². The predicted molar refractivity (Wildman–Crippen MR) is 76.8 cm³/mol. The van der Waals surface area contributed by atoms with Crippen molar-refractivity contribution in [2.45, 2.75) is 32.4 Å². The number of ether oxygens (including phenoxy) is 1. The third-order valence-electron chi connectivity index (χ3n) is 2.77. The Bertz CT molecular complexity index is 425. The number of methoxy groups -OCH3 is 1. The van der Waals surface area contributed by atoms with E-state index in [1.807, 2.05) is 13.0 Å². The molecule has 0 fully saturated rings. The van der Waals surface area contributed by atoms with Crippen molar-refractivity contribution in [1.29, 1.82) is 0 Å². The molecule has 0 saturated carbocycles. The average Bonchev–Trinajstić information content (AvgIpc) is 2.37. The maximum atomic E-state index is 11.9. The topological polar surface area (TPSA) is 38.3 Å². The zero-order valence-electron chi connectivity index (χ0n) is 10.7. The van der Waals surface area contributed by atoms with Crippen LogP contribution in [0.5, 0.6) is 0 Å². The summed E-state index contributed by atoms with van der Waals surface area (Å²) in [5.74, 6) is -0.321. The highest BCUT2D eigenvalue weighted by molar-refractivity contribution is 9.10. The summed E-state index contributed by atoms with van der Waals surface area (Å²) >= 11 is 9.41. The number of benzene rings is 1. The molecule has 0 bridgehead atoms. The van der Waals surface area contributed by atoms with Crippen molar-refractivity contribution < 1.29 is 9.53 Å². The molecule has 2 unspecified atom stereocenters. The molecule has 18 heavy (non-hydrogen) atoms. The zero-order chi connectivity index (χ0) is 13.7. The van der Waals surface area contributed by atoms with Gasteiger partial charge in [-0.2, -0.15) is 0 Å². The molecule has 1 N–H and O–H groups in total. The highest BCUT2D eigenvalue weighted by Gasteiger charge is 2.24. The number of halogens is 2. The van der Waals surface area contributed by atoms with Gasteiger partial charge in [0.1, 0.15) is 6.04 Å². The van der Waals surface area contributed by atoms with Gasteiger partial charge in [0.05, 0.1) is 7.11 Å². The number of carbonyl (C=O) groups excluding carboxylic acids is 1. The summed E-state index contributed by atoms with van der Waals surface area (Å²) in [6.45, 7) is 4.08. The molecule has 0 aromatic heterocycles. The smallest absolute Gasteiger partial charge is 0.327 e. The maximum Gasteiger partial charge on any atom is 0.327 e. The van der Waals surface area contributed by atoms with Crippen LogP contribution in [-0.4, -0.2) is 19.1 Å². The highest BCUT2D eigenvalue weighted by atomic mass is 79.9. The lowest BCUT2D eigenvalue weighted by atomic mass is 10.1. The van der Waals surface area contributed by atoms with Gasteiger partial charge >= 0.3 is 5.97 Å². The van der Waals surface area contributed by atoms with E-state index in [1.54, 1.807) is 12.1 Å². The molecule has 0 aliphatic carbocycles. The Labute approximate surface area is 121 Å². The molecule has 2 atom stereocenters. The molecule has 1 rings (SSSR count). The number of hydrogen-bond acceptors (Lipinski definition) is 3. The van der Waals surface area contributed by atoms with E-state index >= 15 is 0 Å². The lowest BCUT2D eigenvalue weighted by Gasteiger charge is -2.22. The summed E-state index contributed by atoms with van der Waals surface area (Å²) in [4.78, 5) is 11.9. The third-order valence-corrected chi connectivity index (χ3v) is 3.73. The Balaban J connectivity index is 3.08. The molecule has 5 heteroatoms. The van der Waals surface area contributed by atoms with Gasteiger partial charge in [0.25, 0.3) is 0 Å². The molecular weight excluding hydrogens is 318 g/mol. The van der Waals surface area contributed by atoms with Gasteiger partial charge in [0.2, 0.25) is 0 Å². The second kappa shape index (κ2) is 7.12. The standard InChI is InChI=1S/C13H17BrClNO2/c1-4-8(2)16-12(13(17)18-3)10-7-9(15)5-6-11(10)14/h5-8,12,16H,4H2,1-3H3. The van der Waals surface area contributed by atoms with E-state index in [0.717, 1.165) is 16.5 Å². The lowest BCUT2D eigenvalue weighted by Crippen LogP contribution is -2.35. The number of carbonyl (C=O) groups is 1. The predicted octanol–water partition coefficient (Wildman–Crippen LogP) is 3.70. The first-order valence-electron chi connectivity index (χ1n) is 5.78. The molecule has 0 saturated heterocycles. The van der Waals surface area contributed by atoms with E-state index in [4.69, 9.17) is 16.3 Å². The Morgan fingerprint density at radius 1 is 1.56 bits per heavy atom. The molecular formula is C13H17BrClNO2. The van der Waals surface area contributed by atoms with E-state index in [0.29, 0.717) is 5.02 Å². The second-order valence-corrected chi connectivity index (χ2v) is 5.39. The van der Waals surface area contributed by atoms with Crippen LogP contribution in [-0.2, 0) is 9.53 Å². The molecule has 0 spiro atoms. The fraction of sp³-hybridized carbons (Fsp3) is 0.462. The van der Waals surface area contributed by atoms with Crippen molar-refractivity contribution in [1.82, 2.24) is 5.32 Å². The molecule has 1 aromatic rings. The third kappa shape index (κ3) is 3.97. The largest absolute Gasteiger partial charge is 0.468 e. The van der Waals surface area contributed by atoms with Gasteiger partial charge in [-0.1, -0.05) is 34.5 Å². The van der Waals surface area contributed by atoms with Crippen LogP contribution in [0.1, 0.15) is 31.9 Å². The molecule has 100 valence electrons. The second-order valence-electron chi connectivity index (χ2n) is 4.10. The highest BCUT2D eigenvalue weighted by Crippen LogP contribution is 2.28. The first-order valence-corrected chi connectivity index (χ1v) is 6.95. The van der Waals surface area contributed by atoms with E-state index in [-0.39, 0.29) is 12.0 Å². The lowest BCUT2D eigenvalue weighted by molar-refractivity contribution is -0.143. The summed E-state index contributed by atoms with van der Waals surface area (Å²) in [7, 11) is 1.38. The first kappa shape index (κ1) is 15.5. The minimum atomic E-state index is -0.516. The van der Waals surface area contributed by atoms with Crippen LogP contribution in [0.3, 0.4) is 0 Å². The molecule has 0 aliphatic heterocycles. The summed E-state index contributed by atoms with van der Waals surface area (Å²) < 4.78 is 5.67. The first-order chi connectivity index (χ1) is 8.49. The van der Waals surface area contributed by atoms with Gasteiger partial charge in [-0.25, -0.2) is 4.79 Å². The zero-order valence-corrected chi connectivity index (χ0v) is 13.0. The Hall–Kier alpha value is -0.580. The van der Waals surface area contributed by atoms with Crippen molar-refractivity contribution >= 4 is 33.5 Å². The van der Waals surface area contributed by atoms with Crippen LogP contribution in [0.15, 0.2) is 22.7 Å². The molecule has 0 amide bonds. The average molecular weight is 335 g/mol. The van der Waals surface area contributed by atoms with Crippen LogP contribution in [0.25, 0.3) is 0 Å². The van der Waals surface area contributed by atoms with Crippen molar-refractivity contribution in [2.24, 2.45) is 0 Å². The van der Waals surface area contributed by atoms with Gasteiger partial charge < -0.3 is 4.74 Å². The minimum absolute atomic E-state index is 0.208. The fourth-order valence-corrected chi connectivity index (χ4v) is 2.20. The quantitative estimate of drug-likeness (QED) is 0.834. The molecule has 0 radical (unpaired) electrons. The van der Waals surface area contributed by atoms with Gasteiger partial charge in [0, 0.05) is 15.5 Å². The number of esters is 1. The van der Waals surface area contributed by atoms with Crippen molar-refractivity contribution in [3.63, 3.8) is 0 Å². The Kier molecular flexibility index (Phi) is 6.12. The van der Waals surface area contributed by atoms with Crippen molar-refractivity contribution in [2.75, 3.05) is 7.11 Å². The summed E-state index contributed by atoms with van der Waals surface area (Å²) in [5.41, 5.74) is 0.787. The van der Waals surface area contributed by atoms with Crippen LogP contribution >= 0.6 is 27.5 Å². The minimum Gasteiger partial charge on any atom is -0.468 e.